The number of carbonyl (C=O) groups is 3. The molecule has 8 aromatic carbocycles. The first-order valence-electron chi connectivity index (χ1n) is 28.2. The Morgan fingerprint density at radius 1 is 0.478 bits per heavy atom. The molecule has 0 aliphatic carbocycles. The van der Waals surface area contributed by atoms with Gasteiger partial charge in [0.1, 0.15) is 41.1 Å². The third-order valence-electron chi connectivity index (χ3n) is 13.4. The predicted octanol–water partition coefficient (Wildman–Crippen LogP) is 10.6. The number of aromatic hydroxyl groups is 4. The maximum Gasteiger partial charge on any atom is 0.221 e. The van der Waals surface area contributed by atoms with Crippen molar-refractivity contribution in [1.29, 1.82) is 0 Å². The van der Waals surface area contributed by atoms with Gasteiger partial charge in [0, 0.05) is 121 Å². The Balaban J connectivity index is 0.000000191. The Hall–Kier alpha value is -9.94. The molecule has 9 aromatic rings. The lowest BCUT2D eigenvalue weighted by Gasteiger charge is -2.12. The van der Waals surface area contributed by atoms with E-state index >= 15 is 0 Å². The van der Waals surface area contributed by atoms with Crippen LogP contribution in [0.3, 0.4) is 0 Å². The molecule has 9 N–H and O–H groups in total. The number of Topliss-reactive ketones (excluding diaryl/α,β-unsaturated/α-hetero) is 3. The first-order chi connectivity index (χ1) is 42.7. The van der Waals surface area contributed by atoms with Gasteiger partial charge in [0.15, 0.2) is 27.2 Å². The van der Waals surface area contributed by atoms with Gasteiger partial charge < -0.3 is 46.4 Å². The molecule has 0 aliphatic heterocycles. The van der Waals surface area contributed by atoms with Crippen molar-refractivity contribution in [2.45, 2.75) is 53.9 Å². The highest BCUT2D eigenvalue weighted by atomic mass is 32.2. The van der Waals surface area contributed by atoms with Crippen molar-refractivity contribution in [3.05, 3.63) is 231 Å². The average molecular weight is 1260 g/mol. The summed E-state index contributed by atoms with van der Waals surface area (Å²) in [6.07, 6.45) is 1.04. The second-order valence-electron chi connectivity index (χ2n) is 21.3. The Kier molecular flexibility index (Phi) is 25.3. The Morgan fingerprint density at radius 2 is 0.822 bits per heavy atom. The number of tetrazole rings is 1. The Bertz CT molecular complexity index is 4150. The smallest absolute Gasteiger partial charge is 0.221 e. The van der Waals surface area contributed by atoms with E-state index < -0.39 is 42.9 Å². The first kappa shape index (κ1) is 69.2. The molecule has 0 amide bonds. The number of aromatic nitrogens is 4. The number of nitrogens with one attached hydrogen (secondary N) is 5. The molecule has 0 atom stereocenters. The number of sulfone groups is 1. The number of anilines is 4. The van der Waals surface area contributed by atoms with Crippen LogP contribution in [-0.2, 0) is 50.8 Å². The fourth-order valence-electron chi connectivity index (χ4n) is 8.59. The van der Waals surface area contributed by atoms with Gasteiger partial charge in [-0.2, -0.15) is 5.21 Å². The van der Waals surface area contributed by atoms with Crippen molar-refractivity contribution in [2.75, 3.05) is 66.8 Å². The molecule has 1 aromatic heterocycles. The number of hydrogen-bond acceptors (Lipinski definition) is 19. The zero-order valence-electron chi connectivity index (χ0n) is 51.3. The molecule has 0 radical (unpaired) electrons. The van der Waals surface area contributed by atoms with Gasteiger partial charge in [-0.3, -0.25) is 14.4 Å². The van der Waals surface area contributed by atoms with Crippen LogP contribution in [0.1, 0.15) is 75.6 Å². The molecule has 0 saturated heterocycles. The number of hydrogen-bond donors (Lipinski definition) is 9. The van der Waals surface area contributed by atoms with E-state index in [1.54, 1.807) is 84.9 Å². The topological polar surface area (TPSA) is 315 Å². The summed E-state index contributed by atoms with van der Waals surface area (Å²) in [7, 11) is -2.65. The number of methoxy groups -OCH3 is 1. The fourth-order valence-corrected chi connectivity index (χ4v) is 9.99. The number of nitrogens with zero attached hydrogens (tertiary/aromatic N) is 4. The number of H-pyrrole nitrogens is 1. The number of ketones is 3. The molecule has 90 heavy (non-hydrogen) atoms. The normalized spacial score (nSPS) is 10.9. The summed E-state index contributed by atoms with van der Waals surface area (Å²) in [5, 5.41) is 66.0. The minimum Gasteiger partial charge on any atom is -0.508 e. The van der Waals surface area contributed by atoms with Crippen molar-refractivity contribution >= 4 is 60.0 Å². The summed E-state index contributed by atoms with van der Waals surface area (Å²) < 4.78 is 52.0. The van der Waals surface area contributed by atoms with E-state index in [4.69, 9.17) is 4.74 Å². The second-order valence-corrected chi connectivity index (χ2v) is 25.6. The van der Waals surface area contributed by atoms with Crippen LogP contribution in [0.2, 0.25) is 0 Å². The highest BCUT2D eigenvalue weighted by Crippen LogP contribution is 2.26. The van der Waals surface area contributed by atoms with E-state index in [-0.39, 0.29) is 29.6 Å². The molecule has 21 nitrogen and oxygen atoms in total. The van der Waals surface area contributed by atoms with Crippen molar-refractivity contribution in [3.8, 4) is 34.4 Å². The number of sulfonamides is 1. The molecule has 0 fully saturated rings. The SMILES string of the molecule is COCC(=O)c1cccc(NCc2cc(C)ccc2O)c1.Cc1ccc(O)c(CNc2cccc(-c3nn[nH]n3)c2)c1.Cc1ccc(O)c(CNc2cccc(C(=O)CS(=O)(=O)N(C)C)c2)c1.Cc1ccc(O)c(CNc2cccc(C(=O)CS(C)(=O)=O)c2)c1. The molecular weight excluding hydrogens is 1190 g/mol. The lowest BCUT2D eigenvalue weighted by molar-refractivity contribution is 0.0847. The first-order valence-corrected chi connectivity index (χ1v) is 31.8. The minimum atomic E-state index is -3.59. The van der Waals surface area contributed by atoms with Gasteiger partial charge >= 0.3 is 0 Å². The quantitative estimate of drug-likeness (QED) is 0.0269. The Labute approximate surface area is 524 Å². The summed E-state index contributed by atoms with van der Waals surface area (Å²) >= 11 is 0. The third kappa shape index (κ3) is 22.3. The van der Waals surface area contributed by atoms with Crippen LogP contribution in [0.5, 0.6) is 23.0 Å². The van der Waals surface area contributed by atoms with Crippen molar-refractivity contribution in [1.82, 2.24) is 24.9 Å². The molecule has 9 rings (SSSR count). The second kappa shape index (κ2) is 32.9. The minimum absolute atomic E-state index is 0.0560. The lowest BCUT2D eigenvalue weighted by atomic mass is 10.1. The van der Waals surface area contributed by atoms with Crippen LogP contribution in [0.4, 0.5) is 22.7 Å². The van der Waals surface area contributed by atoms with E-state index in [9.17, 15) is 51.6 Å². The number of aromatic amines is 1. The van der Waals surface area contributed by atoms with E-state index in [0.29, 0.717) is 65.8 Å². The van der Waals surface area contributed by atoms with Crippen LogP contribution in [0, 0.1) is 27.7 Å². The highest BCUT2D eigenvalue weighted by Gasteiger charge is 2.21. The van der Waals surface area contributed by atoms with Crippen LogP contribution >= 0.6 is 0 Å². The summed E-state index contributed by atoms with van der Waals surface area (Å²) in [5.41, 5.74) is 12.7. The zero-order chi connectivity index (χ0) is 65.5. The maximum absolute atomic E-state index is 12.2. The number of aryl methyl sites for hydroxylation is 4. The zero-order valence-corrected chi connectivity index (χ0v) is 52.9. The van der Waals surface area contributed by atoms with E-state index in [1.807, 2.05) is 113 Å². The van der Waals surface area contributed by atoms with Gasteiger partial charge in [-0.05, 0) is 106 Å². The average Bonchev–Trinajstić information content (AvgIpc) is 2.73. The standard InChI is InChI=1S/C18H22N2O4S.C17H19NO4S.C17H19NO3.C15H15N5O/c1-13-7-8-17(21)15(9-13)11-19-16-6-4-5-14(10-16)18(22)12-25(23,24)20(2)3;1-12-6-7-16(19)14(8-12)10-18-15-5-3-4-13(9-15)17(20)11-23(2,21)22;1-12-6-7-16(19)14(8-12)10-18-15-5-3-4-13(9-15)17(20)11-21-2;1-10-5-6-14(21)12(7-10)9-16-13-4-2-3-11(8-13)15-17-19-20-18-15/h4-10,19,21H,11-12H2,1-3H3;3-9,18-19H,10-11H2,1-2H3;3-9,18-19H,10-11H2,1-2H3;2-8,16,21H,9H2,1H3,(H,17,18,19,20). The van der Waals surface area contributed by atoms with Crippen LogP contribution in [-0.4, -0.2) is 125 Å². The van der Waals surface area contributed by atoms with E-state index in [1.165, 1.54) is 21.2 Å². The molecule has 0 unspecified atom stereocenters. The van der Waals surface area contributed by atoms with Gasteiger partial charge in [-0.1, -0.05) is 119 Å². The monoisotopic (exact) mass is 1260 g/mol. The van der Waals surface area contributed by atoms with Crippen molar-refractivity contribution in [2.24, 2.45) is 0 Å². The number of ether oxygens (including phenoxy) is 1. The van der Waals surface area contributed by atoms with Gasteiger partial charge in [0.2, 0.25) is 15.8 Å². The number of benzene rings is 8. The Morgan fingerprint density at radius 3 is 1.16 bits per heavy atom. The van der Waals surface area contributed by atoms with E-state index in [2.05, 4.69) is 41.9 Å². The van der Waals surface area contributed by atoms with Crippen LogP contribution in [0.25, 0.3) is 11.4 Å². The molecule has 1 heterocycles. The van der Waals surface area contributed by atoms with E-state index in [0.717, 1.165) is 72.0 Å². The van der Waals surface area contributed by atoms with Gasteiger partial charge in [-0.25, -0.2) is 21.1 Å². The van der Waals surface area contributed by atoms with Crippen LogP contribution < -0.4 is 21.3 Å². The largest absolute Gasteiger partial charge is 0.508 e. The number of rotatable bonds is 23. The summed E-state index contributed by atoms with van der Waals surface area (Å²) in [6, 6.07) is 50.0. The lowest BCUT2D eigenvalue weighted by Crippen LogP contribution is -2.29. The van der Waals surface area contributed by atoms with Crippen molar-refractivity contribution < 1.29 is 56.4 Å². The molecule has 23 heteroatoms. The molecule has 0 saturated carbocycles. The molecule has 0 spiro atoms. The molecule has 0 bridgehead atoms. The summed E-state index contributed by atoms with van der Waals surface area (Å²) in [6.45, 7) is 9.76. The highest BCUT2D eigenvalue weighted by molar-refractivity contribution is 7.91. The number of phenolic OH excluding ortho intramolecular Hbond substituents is 4. The fraction of sp³-hybridized carbons (Fsp3) is 0.224. The molecule has 472 valence electrons. The maximum atomic E-state index is 12.2. The van der Waals surface area contributed by atoms with Crippen molar-refractivity contribution in [3.63, 3.8) is 0 Å². The summed E-state index contributed by atoms with van der Waals surface area (Å²) in [4.78, 5) is 35.9. The number of phenols is 4. The molecular formula is C67H75N9O12S2. The third-order valence-corrected chi connectivity index (χ3v) is 16.0. The van der Waals surface area contributed by atoms with Gasteiger partial charge in [0.05, 0.1) is 0 Å². The van der Waals surface area contributed by atoms with Gasteiger partial charge in [-0.15, -0.1) is 10.2 Å². The van der Waals surface area contributed by atoms with Crippen LogP contribution in [0.15, 0.2) is 170 Å². The number of carbonyl (C=O) groups excluding carboxylic acids is 3. The van der Waals surface area contributed by atoms with Gasteiger partial charge in [0.25, 0.3) is 0 Å². The molecule has 0 aliphatic rings. The summed E-state index contributed by atoms with van der Waals surface area (Å²) in [5.74, 6) is -0.518. The predicted molar refractivity (Wildman–Crippen MR) is 352 cm³/mol.